The molecule has 1 aliphatic heterocycles. The number of aryl methyl sites for hydroxylation is 1. The molecule has 114 valence electrons. The largest absolute Gasteiger partial charge is 0.506 e. The molecule has 0 saturated carbocycles. The molecule has 6 nitrogen and oxygen atoms in total. The molecule has 0 aliphatic carbocycles. The number of nitrogens with one attached hydrogen (secondary N) is 1. The van der Waals surface area contributed by atoms with Gasteiger partial charge in [-0.3, -0.25) is 0 Å². The summed E-state index contributed by atoms with van der Waals surface area (Å²) in [4.78, 5) is 5.70. The summed E-state index contributed by atoms with van der Waals surface area (Å²) in [6, 6.07) is 9.80. The van der Waals surface area contributed by atoms with Crippen LogP contribution < -0.4 is 4.90 Å². The van der Waals surface area contributed by atoms with Gasteiger partial charge in [0.2, 0.25) is 0 Å². The number of aromatic nitrogens is 2. The second kappa shape index (κ2) is 6.18. The van der Waals surface area contributed by atoms with Crippen LogP contribution in [0, 0.1) is 11.3 Å². The topological polar surface area (TPSA) is 75.5 Å². The van der Waals surface area contributed by atoms with Gasteiger partial charge in [-0.05, 0) is 12.1 Å². The summed E-state index contributed by atoms with van der Waals surface area (Å²) in [5.74, 6) is 0.603. The first-order valence-electron chi connectivity index (χ1n) is 7.36. The Labute approximate surface area is 128 Å². The molecule has 0 atom stereocenters. The van der Waals surface area contributed by atoms with Gasteiger partial charge in [0.1, 0.15) is 31.3 Å². The molecule has 6 heteroatoms. The molecule has 2 heterocycles. The fourth-order valence-corrected chi connectivity index (χ4v) is 2.77. The van der Waals surface area contributed by atoms with Gasteiger partial charge >= 0.3 is 0 Å². The summed E-state index contributed by atoms with van der Waals surface area (Å²) in [5, 5.41) is 19.9. The van der Waals surface area contributed by atoms with Crippen molar-refractivity contribution in [1.82, 2.24) is 9.55 Å². The summed E-state index contributed by atoms with van der Waals surface area (Å²) < 4.78 is 7.16. The van der Waals surface area contributed by atoms with E-state index in [9.17, 15) is 10.4 Å². The number of aliphatic hydroxyl groups excluding tert-OH is 1. The molecule has 2 N–H and O–H groups in total. The lowest BCUT2D eigenvalue weighted by Gasteiger charge is -2.23. The van der Waals surface area contributed by atoms with Crippen molar-refractivity contribution in [3.8, 4) is 6.07 Å². The van der Waals surface area contributed by atoms with Crippen LogP contribution in [-0.4, -0.2) is 47.5 Å². The molecule has 0 bridgehead atoms. The van der Waals surface area contributed by atoms with Gasteiger partial charge in [0, 0.05) is 7.05 Å². The number of hydrogen-bond donors (Lipinski definition) is 2. The highest BCUT2D eigenvalue weighted by molar-refractivity contribution is 5.83. The number of aliphatic hydroxyl groups is 1. The van der Waals surface area contributed by atoms with Crippen molar-refractivity contribution in [2.75, 3.05) is 32.8 Å². The van der Waals surface area contributed by atoms with Crippen LogP contribution in [0.25, 0.3) is 16.6 Å². The van der Waals surface area contributed by atoms with Crippen LogP contribution >= 0.6 is 0 Å². The zero-order valence-corrected chi connectivity index (χ0v) is 12.5. The monoisotopic (exact) mass is 299 g/mol. The first-order chi connectivity index (χ1) is 10.7. The normalized spacial score (nSPS) is 17.3. The lowest BCUT2D eigenvalue weighted by Crippen LogP contribution is -3.14. The minimum absolute atomic E-state index is 0.0952. The summed E-state index contributed by atoms with van der Waals surface area (Å²) in [6.07, 6.45) is 0. The Morgan fingerprint density at radius 2 is 2.14 bits per heavy atom. The molecule has 3 rings (SSSR count). The zero-order chi connectivity index (χ0) is 15.5. The zero-order valence-electron chi connectivity index (χ0n) is 12.5. The number of rotatable bonds is 3. The van der Waals surface area contributed by atoms with E-state index in [0.29, 0.717) is 25.6 Å². The second-order valence-electron chi connectivity index (χ2n) is 5.46. The Morgan fingerprint density at radius 1 is 1.41 bits per heavy atom. The molecule has 1 aliphatic rings. The van der Waals surface area contributed by atoms with E-state index in [2.05, 4.69) is 11.1 Å². The van der Waals surface area contributed by atoms with E-state index in [0.717, 1.165) is 24.1 Å². The van der Waals surface area contributed by atoms with Gasteiger partial charge in [-0.25, -0.2) is 4.98 Å². The number of nitriles is 1. The predicted molar refractivity (Wildman–Crippen MR) is 82.3 cm³/mol. The molecule has 2 aromatic rings. The highest BCUT2D eigenvalue weighted by Gasteiger charge is 2.21. The maximum absolute atomic E-state index is 10.4. The lowest BCUT2D eigenvalue weighted by molar-refractivity contribution is -0.904. The Balaban J connectivity index is 1.96. The third-order valence-electron chi connectivity index (χ3n) is 4.03. The second-order valence-corrected chi connectivity index (χ2v) is 5.46. The Bertz CT molecular complexity index is 751. The van der Waals surface area contributed by atoms with Crippen molar-refractivity contribution < 1.29 is 14.7 Å². The van der Waals surface area contributed by atoms with E-state index in [1.54, 1.807) is 0 Å². The average Bonchev–Trinajstić information content (AvgIpc) is 2.87. The Hall–Kier alpha value is -2.36. The third-order valence-corrected chi connectivity index (χ3v) is 4.03. The van der Waals surface area contributed by atoms with E-state index in [-0.39, 0.29) is 11.3 Å². The van der Waals surface area contributed by atoms with Crippen LogP contribution in [0.15, 0.2) is 30.0 Å². The number of quaternary nitrogens is 1. The van der Waals surface area contributed by atoms with E-state index < -0.39 is 0 Å². The van der Waals surface area contributed by atoms with Crippen molar-refractivity contribution in [3.05, 3.63) is 35.8 Å². The number of imidazole rings is 1. The molecular formula is C16H19N4O2+. The number of fused-ring (bicyclic) bond motifs is 1. The van der Waals surface area contributed by atoms with Gasteiger partial charge in [0.05, 0.1) is 24.2 Å². The molecule has 1 saturated heterocycles. The molecule has 22 heavy (non-hydrogen) atoms. The van der Waals surface area contributed by atoms with Crippen LogP contribution in [-0.2, 0) is 11.8 Å². The minimum atomic E-state index is 0.0952. The average molecular weight is 299 g/mol. The predicted octanol–water partition coefficient (Wildman–Crippen LogP) is 0.281. The smallest absolute Gasteiger partial charge is 0.169 e. The van der Waals surface area contributed by atoms with Crippen molar-refractivity contribution in [1.29, 1.82) is 5.26 Å². The summed E-state index contributed by atoms with van der Waals surface area (Å²) in [5.41, 5.74) is 2.01. The van der Waals surface area contributed by atoms with E-state index in [4.69, 9.17) is 4.74 Å². The fraction of sp³-hybridized carbons (Fsp3) is 0.375. The van der Waals surface area contributed by atoms with E-state index in [1.807, 2.05) is 35.9 Å². The molecule has 1 fully saturated rings. The molecule has 0 radical (unpaired) electrons. The molecule has 0 unspecified atom stereocenters. The number of para-hydroxylation sites is 2. The molecular weight excluding hydrogens is 280 g/mol. The first-order valence-corrected chi connectivity index (χ1v) is 7.36. The van der Waals surface area contributed by atoms with E-state index >= 15 is 0 Å². The first kappa shape index (κ1) is 14.6. The molecule has 0 amide bonds. The van der Waals surface area contributed by atoms with Crippen LogP contribution in [0.2, 0.25) is 0 Å². The van der Waals surface area contributed by atoms with Crippen LogP contribution in [0.3, 0.4) is 0 Å². The number of benzene rings is 1. The Morgan fingerprint density at radius 3 is 2.82 bits per heavy atom. The van der Waals surface area contributed by atoms with Crippen LogP contribution in [0.4, 0.5) is 0 Å². The summed E-state index contributed by atoms with van der Waals surface area (Å²) in [7, 11) is 1.86. The van der Waals surface area contributed by atoms with Crippen molar-refractivity contribution in [2.24, 2.45) is 7.05 Å². The molecule has 1 aromatic carbocycles. The number of nitrogens with zero attached hydrogens (tertiary/aromatic N) is 3. The minimum Gasteiger partial charge on any atom is -0.506 e. The van der Waals surface area contributed by atoms with Crippen molar-refractivity contribution in [2.45, 2.75) is 0 Å². The maximum Gasteiger partial charge on any atom is 0.169 e. The van der Waals surface area contributed by atoms with Crippen molar-refractivity contribution in [3.63, 3.8) is 0 Å². The quantitative estimate of drug-likeness (QED) is 0.630. The number of morpholine rings is 1. The van der Waals surface area contributed by atoms with Gasteiger partial charge in [0.15, 0.2) is 11.6 Å². The highest BCUT2D eigenvalue weighted by Crippen LogP contribution is 2.21. The summed E-state index contributed by atoms with van der Waals surface area (Å²) >= 11 is 0. The van der Waals surface area contributed by atoms with Gasteiger partial charge in [0.25, 0.3) is 0 Å². The molecule has 0 spiro atoms. The SMILES string of the molecule is Cn1c(C(C#N)=C(O)C[NH+]2CCOCC2)nc2ccccc21. The van der Waals surface area contributed by atoms with Gasteiger partial charge in [-0.15, -0.1) is 0 Å². The van der Waals surface area contributed by atoms with Crippen LogP contribution in [0.5, 0.6) is 0 Å². The van der Waals surface area contributed by atoms with Gasteiger partial charge in [-0.2, -0.15) is 5.26 Å². The standard InChI is InChI=1S/C16H18N4O2/c1-19-14-5-3-2-4-13(14)18-16(19)12(10-17)15(21)11-20-6-8-22-9-7-20/h2-5,21H,6-9,11H2,1H3/p+1. The van der Waals surface area contributed by atoms with Gasteiger partial charge in [-0.1, -0.05) is 12.1 Å². The van der Waals surface area contributed by atoms with Gasteiger partial charge < -0.3 is 19.3 Å². The third kappa shape index (κ3) is 2.69. The van der Waals surface area contributed by atoms with Crippen molar-refractivity contribution >= 4 is 16.6 Å². The number of hydrogen-bond acceptors (Lipinski definition) is 4. The molecule has 1 aromatic heterocycles. The maximum atomic E-state index is 10.4. The fourth-order valence-electron chi connectivity index (χ4n) is 2.77. The number of allylic oxidation sites excluding steroid dienone is 1. The summed E-state index contributed by atoms with van der Waals surface area (Å²) in [6.45, 7) is 3.49. The number of ether oxygens (including phenoxy) is 1. The Kier molecular flexibility index (Phi) is 4.09. The highest BCUT2D eigenvalue weighted by atomic mass is 16.5. The van der Waals surface area contributed by atoms with E-state index in [1.165, 1.54) is 4.90 Å². The van der Waals surface area contributed by atoms with Crippen LogP contribution in [0.1, 0.15) is 5.82 Å². The lowest BCUT2D eigenvalue weighted by atomic mass is 10.2.